The van der Waals surface area contributed by atoms with Gasteiger partial charge in [-0.15, -0.1) is 0 Å². The van der Waals surface area contributed by atoms with Crippen LogP contribution in [0.4, 0.5) is 5.69 Å². The lowest BCUT2D eigenvalue weighted by Gasteiger charge is -2.38. The van der Waals surface area contributed by atoms with Crippen molar-refractivity contribution in [2.24, 2.45) is 29.6 Å². The molecule has 42 heavy (non-hydrogen) atoms. The first-order valence-electron chi connectivity index (χ1n) is 16.3. The fraction of sp³-hybridized carbons (Fsp3) is 0.676. The highest BCUT2D eigenvalue weighted by atomic mass is 16.5. The average molecular weight is 577 g/mol. The Balaban J connectivity index is 1.24. The van der Waals surface area contributed by atoms with Crippen LogP contribution in [-0.2, 0) is 19.1 Å². The van der Waals surface area contributed by atoms with E-state index >= 15 is 0 Å². The van der Waals surface area contributed by atoms with Gasteiger partial charge in [0.1, 0.15) is 11.6 Å². The number of carbonyl (C=O) groups excluding carboxylic acids is 3. The summed E-state index contributed by atoms with van der Waals surface area (Å²) < 4.78 is 6.56. The fourth-order valence-corrected chi connectivity index (χ4v) is 8.46. The Morgan fingerprint density at radius 2 is 1.90 bits per heavy atom. The molecule has 0 unspecified atom stereocenters. The Morgan fingerprint density at radius 1 is 1.07 bits per heavy atom. The summed E-state index contributed by atoms with van der Waals surface area (Å²) in [6, 6.07) is 6.96. The lowest BCUT2D eigenvalue weighted by Crippen LogP contribution is -2.58. The van der Waals surface area contributed by atoms with Crippen molar-refractivity contribution in [3.05, 3.63) is 42.0 Å². The minimum absolute atomic E-state index is 0.0755. The Labute approximate surface area is 250 Å². The number of aryl methyl sites for hydroxylation is 1. The van der Waals surface area contributed by atoms with E-state index in [9.17, 15) is 14.4 Å². The van der Waals surface area contributed by atoms with Gasteiger partial charge in [-0.05, 0) is 81.1 Å². The molecule has 1 saturated carbocycles. The number of hydrogen-bond donors (Lipinski definition) is 2. The number of ether oxygens (including phenoxy) is 1. The number of hydrogen-bond acceptors (Lipinski definition) is 5. The first-order valence-corrected chi connectivity index (χ1v) is 16.3. The van der Waals surface area contributed by atoms with Crippen LogP contribution in [0.2, 0.25) is 0 Å². The first kappa shape index (κ1) is 29.4. The van der Waals surface area contributed by atoms with Crippen LogP contribution >= 0.6 is 0 Å². The summed E-state index contributed by atoms with van der Waals surface area (Å²) in [4.78, 5) is 46.5. The van der Waals surface area contributed by atoms with Gasteiger partial charge in [-0.1, -0.05) is 57.9 Å². The number of piperidine rings is 1. The molecule has 2 bridgehead atoms. The maximum Gasteiger partial charge on any atom is 0.246 e. The molecule has 0 radical (unpaired) electrons. The van der Waals surface area contributed by atoms with E-state index in [0.29, 0.717) is 30.0 Å². The molecule has 1 aromatic rings. The van der Waals surface area contributed by atoms with Crippen LogP contribution in [-0.4, -0.2) is 77.5 Å². The van der Waals surface area contributed by atoms with Gasteiger partial charge in [0.15, 0.2) is 0 Å². The molecule has 9 atom stereocenters. The summed E-state index contributed by atoms with van der Waals surface area (Å²) >= 11 is 0. The monoisotopic (exact) mass is 576 g/mol. The van der Waals surface area contributed by atoms with E-state index in [0.717, 1.165) is 44.5 Å². The van der Waals surface area contributed by atoms with E-state index in [4.69, 9.17) is 4.74 Å². The van der Waals surface area contributed by atoms with E-state index in [1.165, 1.54) is 19.3 Å². The summed E-state index contributed by atoms with van der Waals surface area (Å²) in [7, 11) is 0. The van der Waals surface area contributed by atoms with Gasteiger partial charge in [-0.25, -0.2) is 0 Å². The quantitative estimate of drug-likeness (QED) is 0.454. The second-order valence-electron chi connectivity index (χ2n) is 13.9. The number of benzene rings is 1. The number of anilines is 1. The zero-order valence-corrected chi connectivity index (χ0v) is 25.7. The Morgan fingerprint density at radius 3 is 2.69 bits per heavy atom. The van der Waals surface area contributed by atoms with Gasteiger partial charge in [0.2, 0.25) is 17.7 Å². The van der Waals surface area contributed by atoms with E-state index in [-0.39, 0.29) is 23.8 Å². The molecular weight excluding hydrogens is 528 g/mol. The lowest BCUT2D eigenvalue weighted by atomic mass is 9.73. The van der Waals surface area contributed by atoms with Crippen molar-refractivity contribution in [2.75, 3.05) is 31.5 Å². The third kappa shape index (κ3) is 5.30. The Bertz CT molecular complexity index is 1230. The van der Waals surface area contributed by atoms with Crippen molar-refractivity contribution in [3.63, 3.8) is 0 Å². The molecule has 4 aliphatic heterocycles. The molecule has 228 valence electrons. The Hall–Kier alpha value is -2.71. The van der Waals surface area contributed by atoms with Crippen molar-refractivity contribution < 1.29 is 19.1 Å². The Kier molecular flexibility index (Phi) is 8.22. The summed E-state index contributed by atoms with van der Waals surface area (Å²) in [6.45, 7) is 12.3. The molecule has 6 rings (SSSR count). The second-order valence-corrected chi connectivity index (χ2v) is 13.9. The topological polar surface area (TPSA) is 91.0 Å². The van der Waals surface area contributed by atoms with Gasteiger partial charge < -0.3 is 25.2 Å². The third-order valence-electron chi connectivity index (χ3n) is 10.9. The van der Waals surface area contributed by atoms with Crippen molar-refractivity contribution in [2.45, 2.75) is 90.0 Å². The van der Waals surface area contributed by atoms with Gasteiger partial charge in [0.05, 0.1) is 17.9 Å². The summed E-state index contributed by atoms with van der Waals surface area (Å²) in [5.74, 6) is -0.315. The van der Waals surface area contributed by atoms with Gasteiger partial charge in [0, 0.05) is 24.8 Å². The van der Waals surface area contributed by atoms with Crippen LogP contribution in [0.3, 0.4) is 0 Å². The van der Waals surface area contributed by atoms with Crippen LogP contribution in [0.25, 0.3) is 0 Å². The molecule has 4 fully saturated rings. The van der Waals surface area contributed by atoms with Crippen molar-refractivity contribution in [1.82, 2.24) is 15.1 Å². The van der Waals surface area contributed by atoms with Crippen molar-refractivity contribution in [1.29, 1.82) is 0 Å². The van der Waals surface area contributed by atoms with Crippen LogP contribution < -0.4 is 10.6 Å². The number of carbonyl (C=O) groups is 3. The molecule has 8 heteroatoms. The fourth-order valence-electron chi connectivity index (χ4n) is 8.46. The van der Waals surface area contributed by atoms with E-state index in [1.807, 2.05) is 43.3 Å². The van der Waals surface area contributed by atoms with E-state index < -0.39 is 29.6 Å². The molecule has 4 heterocycles. The van der Waals surface area contributed by atoms with E-state index in [2.05, 4.69) is 36.3 Å². The number of nitrogens with one attached hydrogen (secondary N) is 2. The molecule has 0 aromatic heterocycles. The van der Waals surface area contributed by atoms with Gasteiger partial charge >= 0.3 is 0 Å². The zero-order chi connectivity index (χ0) is 29.6. The molecule has 1 spiro atoms. The van der Waals surface area contributed by atoms with Crippen LogP contribution in [0, 0.1) is 36.5 Å². The molecule has 5 aliphatic rings. The normalized spacial score (nSPS) is 37.6. The highest BCUT2D eigenvalue weighted by Crippen LogP contribution is 2.55. The maximum absolute atomic E-state index is 14.3. The lowest BCUT2D eigenvalue weighted by molar-refractivity contribution is -0.141. The number of fused-ring (bicyclic) bond motifs is 1. The minimum atomic E-state index is -1.12. The van der Waals surface area contributed by atoms with Crippen LogP contribution in [0.5, 0.6) is 0 Å². The largest absolute Gasteiger partial charge is 0.359 e. The average Bonchev–Trinajstić information content (AvgIpc) is 3.59. The van der Waals surface area contributed by atoms with Crippen LogP contribution in [0.15, 0.2) is 36.4 Å². The molecule has 1 aliphatic carbocycles. The number of rotatable bonds is 8. The molecule has 1 aromatic carbocycles. The predicted octanol–water partition coefficient (Wildman–Crippen LogP) is 4.15. The minimum Gasteiger partial charge on any atom is -0.359 e. The standard InChI is InChI=1S/C34H48N4O4/c1-21-9-5-12-25(19-21)35-31(39)28-27-14-15-34(42-27)29(28)33(41)38(18-8-17-37-16-7-10-22(2)20-37)30(34)32(40)36-26-13-6-11-23(3)24(26)4/h5,9,12,14-15,19,22-24,26-30H,6-8,10-11,13,16-18,20H2,1-4H3,(H,35,39)(H,36,40)/t22-,23+,24+,26-,27+,28-,29+,30+,34+/m1/s1. The SMILES string of the molecule is Cc1cccc(NC(=O)[C@@H]2[C@@H]3C=C[C@]4(O3)[C@@H]2C(=O)N(CCCN2CCC[C@@H](C)C2)[C@H]4C(=O)N[C@@H]2CCC[C@H](C)[C@@H]2C)c1. The second kappa shape index (κ2) is 11.8. The number of nitrogens with zero attached hydrogens (tertiary/aromatic N) is 2. The summed E-state index contributed by atoms with van der Waals surface area (Å²) in [5.41, 5.74) is 0.625. The highest BCUT2D eigenvalue weighted by molar-refractivity contribution is 6.02. The van der Waals surface area contributed by atoms with E-state index in [1.54, 1.807) is 4.90 Å². The van der Waals surface area contributed by atoms with Crippen LogP contribution in [0.1, 0.15) is 64.9 Å². The predicted molar refractivity (Wildman–Crippen MR) is 163 cm³/mol. The third-order valence-corrected chi connectivity index (χ3v) is 10.9. The molecule has 8 nitrogen and oxygen atoms in total. The highest BCUT2D eigenvalue weighted by Gasteiger charge is 2.72. The molecule has 3 saturated heterocycles. The maximum atomic E-state index is 14.3. The summed E-state index contributed by atoms with van der Waals surface area (Å²) in [5, 5.41) is 6.39. The van der Waals surface area contributed by atoms with Crippen molar-refractivity contribution >= 4 is 23.4 Å². The number of likely N-dealkylation sites (tertiary alicyclic amines) is 2. The van der Waals surface area contributed by atoms with Gasteiger partial charge in [-0.2, -0.15) is 0 Å². The summed E-state index contributed by atoms with van der Waals surface area (Å²) in [6.07, 6.45) is 9.76. The molecule has 3 amide bonds. The smallest absolute Gasteiger partial charge is 0.246 e. The van der Waals surface area contributed by atoms with Crippen molar-refractivity contribution in [3.8, 4) is 0 Å². The van der Waals surface area contributed by atoms with Gasteiger partial charge in [-0.3, -0.25) is 14.4 Å². The molecule has 2 N–H and O–H groups in total. The number of amides is 3. The first-order chi connectivity index (χ1) is 20.2. The van der Waals surface area contributed by atoms with Gasteiger partial charge in [0.25, 0.3) is 0 Å². The zero-order valence-electron chi connectivity index (χ0n) is 25.7. The molecular formula is C34H48N4O4.